The highest BCUT2D eigenvalue weighted by Crippen LogP contribution is 2.25. The van der Waals surface area contributed by atoms with Crippen LogP contribution in [0.15, 0.2) is 24.3 Å². The fourth-order valence-corrected chi connectivity index (χ4v) is 1.48. The summed E-state index contributed by atoms with van der Waals surface area (Å²) in [6.45, 7) is -0.996. The molecule has 1 aromatic rings. The van der Waals surface area contributed by atoms with Gasteiger partial charge in [-0.25, -0.2) is 4.79 Å². The highest BCUT2D eigenvalue weighted by molar-refractivity contribution is 7.87. The van der Waals surface area contributed by atoms with Gasteiger partial charge >= 0.3 is 21.6 Å². The summed E-state index contributed by atoms with van der Waals surface area (Å²) in [5, 5.41) is 8.73. The Morgan fingerprint density at radius 3 is 2.33 bits per heavy atom. The summed E-state index contributed by atoms with van der Waals surface area (Å²) in [4.78, 5) is 10.7. The molecule has 0 aromatic heterocycles. The first-order valence-corrected chi connectivity index (χ1v) is 5.83. The lowest BCUT2D eigenvalue weighted by Crippen LogP contribution is -2.25. The zero-order valence-electron chi connectivity index (χ0n) is 8.64. The lowest BCUT2D eigenvalue weighted by molar-refractivity contribution is -0.0547. The minimum atomic E-state index is -5.73. The van der Waals surface area contributed by atoms with E-state index in [0.717, 1.165) is 12.1 Å². The van der Waals surface area contributed by atoms with Crippen molar-refractivity contribution in [2.45, 2.75) is 12.1 Å². The number of rotatable bonds is 4. The second-order valence-electron chi connectivity index (χ2n) is 3.12. The Kier molecular flexibility index (Phi) is 3.97. The number of carbonyl (C=O) groups is 1. The van der Waals surface area contributed by atoms with Crippen LogP contribution in [0.1, 0.15) is 15.9 Å². The van der Waals surface area contributed by atoms with Crippen molar-refractivity contribution in [3.63, 3.8) is 0 Å². The van der Waals surface area contributed by atoms with Crippen molar-refractivity contribution >= 4 is 16.1 Å². The van der Waals surface area contributed by atoms with Crippen LogP contribution in [0.3, 0.4) is 0 Å². The summed E-state index contributed by atoms with van der Waals surface area (Å²) in [7, 11) is -5.73. The van der Waals surface area contributed by atoms with Crippen molar-refractivity contribution in [1.29, 1.82) is 0 Å². The van der Waals surface area contributed by atoms with Crippen molar-refractivity contribution in [2.24, 2.45) is 0 Å². The van der Waals surface area contributed by atoms with Crippen molar-refractivity contribution < 1.29 is 35.7 Å². The van der Waals surface area contributed by atoms with E-state index in [4.69, 9.17) is 5.11 Å². The largest absolute Gasteiger partial charge is 0.523 e. The summed E-state index contributed by atoms with van der Waals surface area (Å²) >= 11 is 0. The van der Waals surface area contributed by atoms with E-state index in [-0.39, 0.29) is 11.1 Å². The monoisotopic (exact) mass is 284 g/mol. The molecule has 0 saturated carbocycles. The first kappa shape index (κ1) is 14.5. The van der Waals surface area contributed by atoms with E-state index in [1.54, 1.807) is 0 Å². The molecule has 100 valence electrons. The molecule has 0 saturated heterocycles. The zero-order chi connectivity index (χ0) is 14.0. The number of aromatic carboxylic acids is 1. The molecule has 18 heavy (non-hydrogen) atoms. The third kappa shape index (κ3) is 3.20. The van der Waals surface area contributed by atoms with Gasteiger partial charge in [0.1, 0.15) is 0 Å². The average Bonchev–Trinajstić information content (AvgIpc) is 2.25. The molecule has 0 bridgehead atoms. The van der Waals surface area contributed by atoms with Crippen LogP contribution in [0.25, 0.3) is 0 Å². The van der Waals surface area contributed by atoms with Crippen molar-refractivity contribution in [2.75, 3.05) is 0 Å². The normalized spacial score (nSPS) is 12.4. The molecule has 0 radical (unpaired) electrons. The van der Waals surface area contributed by atoms with E-state index in [9.17, 15) is 26.4 Å². The predicted octanol–water partition coefficient (Wildman–Crippen LogP) is 1.75. The molecule has 0 fully saturated rings. The van der Waals surface area contributed by atoms with E-state index >= 15 is 0 Å². The Morgan fingerprint density at radius 1 is 1.28 bits per heavy atom. The Bertz CT molecular complexity index is 550. The van der Waals surface area contributed by atoms with Gasteiger partial charge in [-0.05, 0) is 11.6 Å². The van der Waals surface area contributed by atoms with Crippen molar-refractivity contribution in [3.05, 3.63) is 35.4 Å². The number of halogens is 3. The highest BCUT2D eigenvalue weighted by atomic mass is 32.2. The fraction of sp³-hybridized carbons (Fsp3) is 0.222. The van der Waals surface area contributed by atoms with Crippen LogP contribution in [0.4, 0.5) is 13.2 Å². The molecule has 0 spiro atoms. The molecule has 1 aromatic carbocycles. The lowest BCUT2D eigenvalue weighted by atomic mass is 10.1. The van der Waals surface area contributed by atoms with E-state index in [1.807, 2.05) is 0 Å². The number of alkyl halides is 3. The zero-order valence-corrected chi connectivity index (χ0v) is 9.46. The summed E-state index contributed by atoms with van der Waals surface area (Å²) in [5.74, 6) is -1.39. The van der Waals surface area contributed by atoms with Crippen LogP contribution in [-0.2, 0) is 20.9 Å². The van der Waals surface area contributed by atoms with Crippen LogP contribution in [0.5, 0.6) is 0 Å². The first-order valence-electron chi connectivity index (χ1n) is 4.42. The van der Waals surface area contributed by atoms with Gasteiger partial charge in [0.15, 0.2) is 0 Å². The number of benzene rings is 1. The molecule has 0 unspecified atom stereocenters. The van der Waals surface area contributed by atoms with E-state index < -0.39 is 28.2 Å². The van der Waals surface area contributed by atoms with Gasteiger partial charge in [-0.15, -0.1) is 0 Å². The number of hydrogen-bond acceptors (Lipinski definition) is 4. The van der Waals surface area contributed by atoms with Gasteiger partial charge in [0.2, 0.25) is 0 Å². The molecule has 0 aliphatic heterocycles. The standard InChI is InChI=1S/C9H7F3O5S/c10-9(11,12)18(15,16)17-5-6-3-1-2-4-7(6)8(13)14/h1-4H,5H2,(H,13,14). The van der Waals surface area contributed by atoms with Gasteiger partial charge in [0, 0.05) is 0 Å². The van der Waals surface area contributed by atoms with Crippen LogP contribution in [0, 0.1) is 0 Å². The maximum absolute atomic E-state index is 12.0. The smallest absolute Gasteiger partial charge is 0.478 e. The summed E-state index contributed by atoms with van der Waals surface area (Å²) in [6, 6.07) is 4.99. The van der Waals surface area contributed by atoms with Gasteiger partial charge < -0.3 is 5.11 Å². The first-order chi connectivity index (χ1) is 8.15. The molecule has 9 heteroatoms. The Hall–Kier alpha value is -1.61. The van der Waals surface area contributed by atoms with Gasteiger partial charge in [-0.1, -0.05) is 18.2 Å². The summed E-state index contributed by atoms with van der Waals surface area (Å²) in [5.41, 5.74) is -6.03. The Morgan fingerprint density at radius 2 is 1.83 bits per heavy atom. The molecular formula is C9H7F3O5S. The maximum atomic E-state index is 12.0. The van der Waals surface area contributed by atoms with E-state index in [1.165, 1.54) is 12.1 Å². The molecule has 0 heterocycles. The molecule has 0 aliphatic rings. The lowest BCUT2D eigenvalue weighted by Gasteiger charge is -2.09. The molecule has 0 amide bonds. The van der Waals surface area contributed by atoms with E-state index in [2.05, 4.69) is 4.18 Å². The van der Waals surface area contributed by atoms with Gasteiger partial charge in [0.05, 0.1) is 12.2 Å². The molecule has 1 N–H and O–H groups in total. The molecule has 1 rings (SSSR count). The fourth-order valence-electron chi connectivity index (χ4n) is 1.06. The Balaban J connectivity index is 2.92. The highest BCUT2D eigenvalue weighted by Gasteiger charge is 2.47. The second kappa shape index (κ2) is 4.94. The molecule has 0 atom stereocenters. The van der Waals surface area contributed by atoms with Crippen molar-refractivity contribution in [1.82, 2.24) is 0 Å². The van der Waals surface area contributed by atoms with Crippen LogP contribution >= 0.6 is 0 Å². The molecule has 0 aliphatic carbocycles. The van der Waals surface area contributed by atoms with Crippen molar-refractivity contribution in [3.8, 4) is 0 Å². The van der Waals surface area contributed by atoms with Crippen LogP contribution < -0.4 is 0 Å². The number of hydrogen-bond donors (Lipinski definition) is 1. The predicted molar refractivity (Wildman–Crippen MR) is 53.2 cm³/mol. The minimum Gasteiger partial charge on any atom is -0.478 e. The van der Waals surface area contributed by atoms with Gasteiger partial charge in [-0.2, -0.15) is 21.6 Å². The number of carboxylic acid groups (broad SMARTS) is 1. The molecule has 5 nitrogen and oxygen atoms in total. The maximum Gasteiger partial charge on any atom is 0.523 e. The third-order valence-corrected chi connectivity index (χ3v) is 2.90. The SMILES string of the molecule is O=C(O)c1ccccc1COS(=O)(=O)C(F)(F)F. The van der Waals surface area contributed by atoms with Crippen LogP contribution in [-0.4, -0.2) is 25.0 Å². The molecular weight excluding hydrogens is 277 g/mol. The minimum absolute atomic E-state index is 0.169. The second-order valence-corrected chi connectivity index (χ2v) is 4.73. The Labute approximate surface area is 99.9 Å². The summed E-state index contributed by atoms with van der Waals surface area (Å²) < 4.78 is 60.9. The van der Waals surface area contributed by atoms with Gasteiger partial charge in [0.25, 0.3) is 0 Å². The van der Waals surface area contributed by atoms with Crippen LogP contribution in [0.2, 0.25) is 0 Å². The third-order valence-electron chi connectivity index (χ3n) is 1.90. The van der Waals surface area contributed by atoms with E-state index in [0.29, 0.717) is 0 Å². The number of carboxylic acids is 1. The topological polar surface area (TPSA) is 80.7 Å². The van der Waals surface area contributed by atoms with Gasteiger partial charge in [-0.3, -0.25) is 4.18 Å². The summed E-state index contributed by atoms with van der Waals surface area (Å²) in [6.07, 6.45) is 0. The quantitative estimate of drug-likeness (QED) is 0.673. The average molecular weight is 284 g/mol.